The van der Waals surface area contributed by atoms with Gasteiger partial charge >= 0.3 is 5.69 Å². The lowest BCUT2D eigenvalue weighted by molar-refractivity contribution is -0.384. The Kier molecular flexibility index (Phi) is 4.76. The van der Waals surface area contributed by atoms with E-state index in [0.717, 1.165) is 4.57 Å². The predicted octanol–water partition coefficient (Wildman–Crippen LogP) is 1.76. The maximum atomic E-state index is 13.1. The molecule has 2 aromatic heterocycles. The van der Waals surface area contributed by atoms with Crippen LogP contribution in [0.1, 0.15) is 18.1 Å². The molecule has 0 aliphatic carbocycles. The second-order valence-electron chi connectivity index (χ2n) is 6.06. The minimum atomic E-state index is -0.523. The van der Waals surface area contributed by atoms with Gasteiger partial charge in [0.25, 0.3) is 11.2 Å². The summed E-state index contributed by atoms with van der Waals surface area (Å²) in [6.07, 6.45) is 1.56. The number of aryl methyl sites for hydroxylation is 2. The Morgan fingerprint density at radius 1 is 1.22 bits per heavy atom. The van der Waals surface area contributed by atoms with Gasteiger partial charge in [-0.1, -0.05) is 12.1 Å². The summed E-state index contributed by atoms with van der Waals surface area (Å²) in [7, 11) is 1.54. The molecular formula is C18H18N4O5. The van der Waals surface area contributed by atoms with Gasteiger partial charge in [-0.2, -0.15) is 0 Å². The summed E-state index contributed by atoms with van der Waals surface area (Å²) in [5.41, 5.74) is 0.449. The first-order valence-corrected chi connectivity index (χ1v) is 8.30. The van der Waals surface area contributed by atoms with E-state index >= 15 is 0 Å². The molecule has 0 spiro atoms. The molecule has 0 radical (unpaired) electrons. The molecule has 0 aliphatic rings. The Balaban J connectivity index is 2.21. The van der Waals surface area contributed by atoms with Crippen LogP contribution >= 0.6 is 0 Å². The summed E-state index contributed by atoms with van der Waals surface area (Å²) in [5, 5.41) is 11.0. The lowest BCUT2D eigenvalue weighted by Crippen LogP contribution is -2.39. The maximum absolute atomic E-state index is 13.1. The molecule has 0 N–H and O–H groups in total. The smallest absolute Gasteiger partial charge is 0.332 e. The normalized spacial score (nSPS) is 10.9. The highest BCUT2D eigenvalue weighted by Gasteiger charge is 2.18. The van der Waals surface area contributed by atoms with Crippen molar-refractivity contribution >= 4 is 16.7 Å². The second-order valence-corrected chi connectivity index (χ2v) is 6.06. The van der Waals surface area contributed by atoms with Crippen molar-refractivity contribution < 1.29 is 9.66 Å². The Hall–Kier alpha value is -3.49. The fourth-order valence-corrected chi connectivity index (χ4v) is 2.90. The van der Waals surface area contributed by atoms with E-state index in [-0.39, 0.29) is 23.3 Å². The summed E-state index contributed by atoms with van der Waals surface area (Å²) >= 11 is 0. The summed E-state index contributed by atoms with van der Waals surface area (Å²) in [6, 6.07) is 5.71. The van der Waals surface area contributed by atoms with E-state index in [1.54, 1.807) is 13.1 Å². The average molecular weight is 370 g/mol. The Morgan fingerprint density at radius 3 is 2.48 bits per heavy atom. The van der Waals surface area contributed by atoms with Crippen molar-refractivity contribution in [2.75, 3.05) is 6.61 Å². The lowest BCUT2D eigenvalue weighted by Gasteiger charge is -2.14. The number of rotatable bonds is 5. The number of fused-ring (bicyclic) bond motifs is 1. The number of hydrogen-bond donors (Lipinski definition) is 0. The molecule has 0 aliphatic heterocycles. The third kappa shape index (κ3) is 3.19. The molecular weight excluding hydrogens is 352 g/mol. The van der Waals surface area contributed by atoms with Crippen LogP contribution in [0.15, 0.2) is 40.1 Å². The van der Waals surface area contributed by atoms with Crippen molar-refractivity contribution in [2.45, 2.75) is 20.4 Å². The lowest BCUT2D eigenvalue weighted by atomic mass is 10.2. The highest BCUT2D eigenvalue weighted by molar-refractivity contribution is 5.82. The Bertz CT molecular complexity index is 1150. The van der Waals surface area contributed by atoms with E-state index < -0.39 is 16.2 Å². The van der Waals surface area contributed by atoms with Crippen molar-refractivity contribution in [2.24, 2.45) is 7.05 Å². The number of pyridine rings is 1. The fourth-order valence-electron chi connectivity index (χ4n) is 2.90. The molecule has 3 rings (SSSR count). The zero-order valence-corrected chi connectivity index (χ0v) is 15.1. The van der Waals surface area contributed by atoms with Crippen molar-refractivity contribution in [1.29, 1.82) is 0 Å². The van der Waals surface area contributed by atoms with Crippen molar-refractivity contribution in [1.82, 2.24) is 14.1 Å². The largest absolute Gasteiger partial charge is 0.493 e. The molecule has 1 aromatic carbocycles. The molecule has 0 bridgehead atoms. The van der Waals surface area contributed by atoms with Crippen LogP contribution in [0.3, 0.4) is 0 Å². The molecule has 9 nitrogen and oxygen atoms in total. The summed E-state index contributed by atoms with van der Waals surface area (Å²) in [6.45, 7) is 3.94. The molecule has 0 unspecified atom stereocenters. The molecule has 27 heavy (non-hydrogen) atoms. The van der Waals surface area contributed by atoms with Gasteiger partial charge in [0, 0.05) is 30.9 Å². The number of nitro benzene ring substituents is 1. The topological polar surface area (TPSA) is 109 Å². The number of ether oxygens (including phenoxy) is 1. The van der Waals surface area contributed by atoms with Crippen molar-refractivity contribution in [3.05, 3.63) is 72.5 Å². The Labute approximate surface area is 153 Å². The first-order valence-electron chi connectivity index (χ1n) is 8.30. The second kappa shape index (κ2) is 7.02. The van der Waals surface area contributed by atoms with E-state index in [9.17, 15) is 19.7 Å². The zero-order chi connectivity index (χ0) is 19.7. The zero-order valence-electron chi connectivity index (χ0n) is 15.1. The highest BCUT2D eigenvalue weighted by atomic mass is 16.6. The van der Waals surface area contributed by atoms with E-state index in [0.29, 0.717) is 23.5 Å². The van der Waals surface area contributed by atoms with Crippen LogP contribution in [0.5, 0.6) is 5.75 Å². The Morgan fingerprint density at radius 2 is 1.89 bits per heavy atom. The van der Waals surface area contributed by atoms with Crippen LogP contribution in [-0.4, -0.2) is 25.6 Å². The molecule has 140 valence electrons. The number of aromatic nitrogens is 3. The van der Waals surface area contributed by atoms with Gasteiger partial charge in [0.15, 0.2) is 5.65 Å². The van der Waals surface area contributed by atoms with Gasteiger partial charge in [-0.3, -0.25) is 24.0 Å². The first kappa shape index (κ1) is 18.3. The van der Waals surface area contributed by atoms with E-state index in [1.807, 2.05) is 6.92 Å². The molecule has 0 saturated carbocycles. The first-order chi connectivity index (χ1) is 12.8. The quantitative estimate of drug-likeness (QED) is 0.500. The monoisotopic (exact) mass is 370 g/mol. The van der Waals surface area contributed by atoms with Gasteiger partial charge in [-0.05, 0) is 19.4 Å². The third-order valence-electron chi connectivity index (χ3n) is 4.26. The fraction of sp³-hybridized carbons (Fsp3) is 0.278. The molecule has 9 heteroatoms. The van der Waals surface area contributed by atoms with Crippen LogP contribution in [-0.2, 0) is 13.6 Å². The van der Waals surface area contributed by atoms with Gasteiger partial charge in [-0.25, -0.2) is 9.78 Å². The third-order valence-corrected chi connectivity index (χ3v) is 4.26. The molecule has 2 heterocycles. The summed E-state index contributed by atoms with van der Waals surface area (Å²) in [5.74, 6) is 0.403. The average Bonchev–Trinajstić information content (AvgIpc) is 2.65. The van der Waals surface area contributed by atoms with Gasteiger partial charge in [0.2, 0.25) is 0 Å². The van der Waals surface area contributed by atoms with E-state index in [1.165, 1.54) is 35.9 Å². The van der Waals surface area contributed by atoms with E-state index in [4.69, 9.17) is 4.74 Å². The standard InChI is InChI=1S/C18H18N4O5/c1-4-27-15-11(2)9-19-16-14(15)17(23)21(18(24)20(16)3)10-12-5-7-13(8-6-12)22(25)26/h5-9H,4,10H2,1-3H3. The molecule has 0 amide bonds. The van der Waals surface area contributed by atoms with Crippen LogP contribution in [0, 0.1) is 17.0 Å². The number of benzene rings is 1. The molecule has 0 saturated heterocycles. The van der Waals surface area contributed by atoms with Crippen molar-refractivity contribution in [3.8, 4) is 5.75 Å². The molecule has 3 aromatic rings. The summed E-state index contributed by atoms with van der Waals surface area (Å²) in [4.78, 5) is 40.2. The molecule has 0 fully saturated rings. The van der Waals surface area contributed by atoms with Crippen LogP contribution in [0.25, 0.3) is 11.0 Å². The van der Waals surface area contributed by atoms with Gasteiger partial charge < -0.3 is 4.74 Å². The van der Waals surface area contributed by atoms with Crippen molar-refractivity contribution in [3.63, 3.8) is 0 Å². The number of nitrogens with zero attached hydrogens (tertiary/aromatic N) is 4. The van der Waals surface area contributed by atoms with Gasteiger partial charge in [-0.15, -0.1) is 0 Å². The van der Waals surface area contributed by atoms with E-state index in [2.05, 4.69) is 4.98 Å². The molecule has 0 atom stereocenters. The number of non-ortho nitro benzene ring substituents is 1. The van der Waals surface area contributed by atoms with Crippen LogP contribution in [0.4, 0.5) is 5.69 Å². The predicted molar refractivity (Wildman–Crippen MR) is 99.3 cm³/mol. The SMILES string of the molecule is CCOc1c(C)cnc2c1c(=O)n(Cc1ccc([N+](=O)[O-])cc1)c(=O)n2C. The summed E-state index contributed by atoms with van der Waals surface area (Å²) < 4.78 is 8.00. The number of nitro groups is 1. The van der Waals surface area contributed by atoms with Crippen LogP contribution in [0.2, 0.25) is 0 Å². The number of hydrogen-bond acceptors (Lipinski definition) is 6. The van der Waals surface area contributed by atoms with Crippen LogP contribution < -0.4 is 16.0 Å². The highest BCUT2D eigenvalue weighted by Crippen LogP contribution is 2.24. The van der Waals surface area contributed by atoms with Gasteiger partial charge in [0.05, 0.1) is 18.1 Å². The minimum Gasteiger partial charge on any atom is -0.493 e. The van der Waals surface area contributed by atoms with Gasteiger partial charge in [0.1, 0.15) is 11.1 Å². The maximum Gasteiger partial charge on any atom is 0.332 e. The minimum absolute atomic E-state index is 0.0149.